The van der Waals surface area contributed by atoms with Gasteiger partial charge in [-0.05, 0) is 61.7 Å². The topological polar surface area (TPSA) is 135 Å². The molecule has 0 saturated heterocycles. The summed E-state index contributed by atoms with van der Waals surface area (Å²) in [7, 11) is 3.03. The van der Waals surface area contributed by atoms with Gasteiger partial charge in [-0.15, -0.1) is 0 Å². The van der Waals surface area contributed by atoms with Crippen LogP contribution in [-0.2, 0) is 14.8 Å². The lowest BCUT2D eigenvalue weighted by Gasteiger charge is -2.16. The highest BCUT2D eigenvalue weighted by molar-refractivity contribution is 7.92. The molecule has 4 aromatic rings. The van der Waals surface area contributed by atoms with Crippen molar-refractivity contribution in [1.29, 1.82) is 0 Å². The van der Waals surface area contributed by atoms with Crippen LogP contribution in [0.25, 0.3) is 11.0 Å². The zero-order chi connectivity index (χ0) is 32.2. The van der Waals surface area contributed by atoms with E-state index in [9.17, 15) is 13.2 Å². The molecule has 0 aliphatic heterocycles. The van der Waals surface area contributed by atoms with E-state index in [0.717, 1.165) is 25.1 Å². The molecular formula is C33H40N6O5S. The van der Waals surface area contributed by atoms with Crippen LogP contribution in [-0.4, -0.2) is 77.0 Å². The number of sulfonamides is 1. The minimum Gasteiger partial charge on any atom is -0.497 e. The normalized spacial score (nSPS) is 17.7. The Morgan fingerprint density at radius 2 is 1.62 bits per heavy atom. The molecule has 1 fully saturated rings. The van der Waals surface area contributed by atoms with E-state index in [1.165, 1.54) is 0 Å². The summed E-state index contributed by atoms with van der Waals surface area (Å²) in [5, 5.41) is 6.39. The number of Topliss-reactive ketones (excluding diaryl/α,β-unsaturated/α-hetero) is 1. The van der Waals surface area contributed by atoms with Gasteiger partial charge >= 0.3 is 0 Å². The number of para-hydroxylation sites is 2. The summed E-state index contributed by atoms with van der Waals surface area (Å²) in [6.45, 7) is 4.03. The van der Waals surface area contributed by atoms with Gasteiger partial charge in [-0.2, -0.15) is 0 Å². The highest BCUT2D eigenvalue weighted by Crippen LogP contribution is 2.61. The Labute approximate surface area is 264 Å². The number of nitrogens with zero attached hydrogens (tertiary/aromatic N) is 3. The van der Waals surface area contributed by atoms with Gasteiger partial charge in [-0.3, -0.25) is 9.52 Å². The van der Waals surface area contributed by atoms with Gasteiger partial charge in [0.2, 0.25) is 0 Å². The molecule has 2 atom stereocenters. The molecule has 0 bridgehead atoms. The summed E-state index contributed by atoms with van der Waals surface area (Å²) in [6.07, 6.45) is 1.26. The minimum atomic E-state index is -4.06. The smallest absolute Gasteiger partial charge is 0.263 e. The molecule has 5 rings (SSSR count). The Morgan fingerprint density at radius 3 is 2.27 bits per heavy atom. The summed E-state index contributed by atoms with van der Waals surface area (Å²) in [5.41, 5.74) is 2.39. The molecule has 1 saturated carbocycles. The highest BCUT2D eigenvalue weighted by Gasteiger charge is 2.51. The molecule has 0 amide bonds. The zero-order valence-corrected chi connectivity index (χ0v) is 27.1. The largest absolute Gasteiger partial charge is 0.497 e. The second-order valence-corrected chi connectivity index (χ2v) is 13.6. The standard InChI is InChI=1S/C33H40N6O5S/c1-33(19-24(40)21-34-13-14-39(2)3)20-28(33)22-9-8-10-27(15-22)45(41,42)38-32-31(36-29-11-6-7-12-30(29)37-32)35-23-16-25(43-4)18-26(17-23)44-5/h6-12,15-18,28,34H,13-14,19-21H2,1-5H3,(H,35,36)(H,37,38). The lowest BCUT2D eigenvalue weighted by molar-refractivity contribution is -0.119. The first-order valence-corrected chi connectivity index (χ1v) is 16.2. The van der Waals surface area contributed by atoms with Gasteiger partial charge in [0, 0.05) is 43.4 Å². The summed E-state index contributed by atoms with van der Waals surface area (Å²) >= 11 is 0. The van der Waals surface area contributed by atoms with Crippen molar-refractivity contribution in [2.45, 2.75) is 30.6 Å². The second kappa shape index (κ2) is 13.4. The van der Waals surface area contributed by atoms with Gasteiger partial charge in [0.05, 0.1) is 36.7 Å². The molecule has 12 heteroatoms. The van der Waals surface area contributed by atoms with Crippen LogP contribution in [0.1, 0.15) is 31.2 Å². The number of rotatable bonds is 15. The number of carbonyl (C=O) groups excluding carboxylic acids is 1. The predicted molar refractivity (Wildman–Crippen MR) is 176 cm³/mol. The molecule has 1 heterocycles. The molecule has 0 radical (unpaired) electrons. The number of benzene rings is 3. The highest BCUT2D eigenvalue weighted by atomic mass is 32.2. The summed E-state index contributed by atoms with van der Waals surface area (Å²) in [4.78, 5) is 24.1. The van der Waals surface area contributed by atoms with Crippen LogP contribution in [0.5, 0.6) is 11.5 Å². The first-order valence-electron chi connectivity index (χ1n) is 14.8. The van der Waals surface area contributed by atoms with Gasteiger partial charge in [-0.1, -0.05) is 31.2 Å². The quantitative estimate of drug-likeness (QED) is 0.157. The van der Waals surface area contributed by atoms with E-state index < -0.39 is 10.0 Å². The molecule has 2 unspecified atom stereocenters. The van der Waals surface area contributed by atoms with Crippen LogP contribution in [0.3, 0.4) is 0 Å². The molecule has 238 valence electrons. The second-order valence-electron chi connectivity index (χ2n) is 11.9. The van der Waals surface area contributed by atoms with Crippen molar-refractivity contribution in [1.82, 2.24) is 20.2 Å². The number of ether oxygens (including phenoxy) is 2. The summed E-state index contributed by atoms with van der Waals surface area (Å²) in [5.74, 6) is 1.63. The number of methoxy groups -OCH3 is 2. The molecule has 45 heavy (non-hydrogen) atoms. The van der Waals surface area contributed by atoms with Gasteiger partial charge in [0.15, 0.2) is 11.6 Å². The number of carbonyl (C=O) groups is 1. The average molecular weight is 633 g/mol. The lowest BCUT2D eigenvalue weighted by Crippen LogP contribution is -2.31. The van der Waals surface area contributed by atoms with E-state index in [4.69, 9.17) is 9.47 Å². The summed E-state index contributed by atoms with van der Waals surface area (Å²) in [6, 6.07) is 19.4. The number of likely N-dealkylation sites (N-methyl/N-ethyl adjacent to an activating group) is 1. The fourth-order valence-corrected chi connectivity index (χ4v) is 6.49. The Kier molecular flexibility index (Phi) is 9.56. The minimum absolute atomic E-state index is 0.0458. The first-order chi connectivity index (χ1) is 21.5. The monoisotopic (exact) mass is 632 g/mol. The number of anilines is 3. The molecular weight excluding hydrogens is 592 g/mol. The fraction of sp³-hybridized carbons (Fsp3) is 0.364. The predicted octanol–water partition coefficient (Wildman–Crippen LogP) is 4.80. The van der Waals surface area contributed by atoms with Crippen LogP contribution in [0, 0.1) is 5.41 Å². The first kappa shape index (κ1) is 32.1. The van der Waals surface area contributed by atoms with Crippen LogP contribution >= 0.6 is 0 Å². The van der Waals surface area contributed by atoms with Crippen molar-refractivity contribution in [2.75, 3.05) is 58.0 Å². The molecule has 1 aliphatic carbocycles. The van der Waals surface area contributed by atoms with Crippen LogP contribution in [0.2, 0.25) is 0 Å². The van der Waals surface area contributed by atoms with Crippen molar-refractivity contribution >= 4 is 44.2 Å². The van der Waals surface area contributed by atoms with Crippen molar-refractivity contribution in [3.05, 3.63) is 72.3 Å². The van der Waals surface area contributed by atoms with E-state index in [2.05, 4.69) is 37.1 Å². The number of hydrogen-bond acceptors (Lipinski definition) is 10. The Morgan fingerprint density at radius 1 is 0.956 bits per heavy atom. The molecule has 0 spiro atoms. The van der Waals surface area contributed by atoms with E-state index >= 15 is 0 Å². The van der Waals surface area contributed by atoms with Gasteiger partial charge in [-0.25, -0.2) is 18.4 Å². The maximum Gasteiger partial charge on any atom is 0.263 e. The van der Waals surface area contributed by atoms with E-state index in [1.54, 1.807) is 62.8 Å². The number of nitrogens with one attached hydrogen (secondary N) is 3. The number of aromatic nitrogens is 2. The number of ketones is 1. The molecule has 3 aromatic carbocycles. The maximum atomic E-state index is 13.8. The van der Waals surface area contributed by atoms with E-state index in [-0.39, 0.29) is 33.6 Å². The third kappa shape index (κ3) is 7.88. The van der Waals surface area contributed by atoms with Crippen LogP contribution < -0.4 is 24.8 Å². The van der Waals surface area contributed by atoms with E-state index in [0.29, 0.717) is 41.2 Å². The number of hydrogen-bond donors (Lipinski definition) is 3. The molecule has 3 N–H and O–H groups in total. The summed E-state index contributed by atoms with van der Waals surface area (Å²) < 4.78 is 40.9. The van der Waals surface area contributed by atoms with Gasteiger partial charge < -0.3 is 25.0 Å². The Bertz CT molecular complexity index is 1780. The molecule has 1 aliphatic rings. The third-order valence-corrected chi connectivity index (χ3v) is 9.33. The maximum absolute atomic E-state index is 13.8. The van der Waals surface area contributed by atoms with Gasteiger partial charge in [0.25, 0.3) is 10.0 Å². The Balaban J connectivity index is 1.36. The van der Waals surface area contributed by atoms with Crippen molar-refractivity contribution < 1.29 is 22.7 Å². The van der Waals surface area contributed by atoms with Crippen molar-refractivity contribution in [3.63, 3.8) is 0 Å². The average Bonchev–Trinajstić information content (AvgIpc) is 3.69. The van der Waals surface area contributed by atoms with Crippen LogP contribution in [0.15, 0.2) is 71.6 Å². The van der Waals surface area contributed by atoms with Crippen molar-refractivity contribution in [2.24, 2.45) is 5.41 Å². The van der Waals surface area contributed by atoms with E-state index in [1.807, 2.05) is 32.3 Å². The van der Waals surface area contributed by atoms with Crippen molar-refractivity contribution in [3.8, 4) is 11.5 Å². The fourth-order valence-electron chi connectivity index (χ4n) is 5.43. The molecule has 1 aromatic heterocycles. The number of fused-ring (bicyclic) bond motifs is 1. The zero-order valence-electron chi connectivity index (χ0n) is 26.3. The van der Waals surface area contributed by atoms with Gasteiger partial charge in [0.1, 0.15) is 17.3 Å². The SMILES string of the molecule is COc1cc(Nc2nc3ccccc3nc2NS(=O)(=O)c2cccc(C3CC3(C)CC(=O)CNCCN(C)C)c2)cc(OC)c1. The molecule has 11 nitrogen and oxygen atoms in total. The third-order valence-electron chi connectivity index (χ3n) is 8.00. The lowest BCUT2D eigenvalue weighted by atomic mass is 9.95. The Hall–Kier alpha value is -4.26. The van der Waals surface area contributed by atoms with Crippen LogP contribution in [0.4, 0.5) is 17.3 Å².